The first kappa shape index (κ1) is 35.0. The summed E-state index contributed by atoms with van der Waals surface area (Å²) in [6.45, 7) is 29.4. The standard InChI is InChI=1S/C58H63BN2O/c1-54(2,3)38-19-24-41(25-20-38)60-47-35-45-44(57(10,11)29-30-58(45,12)13)34-46(47)59-51-43-33-40(56(7,8)9)23-28-50(43)62-53(51)61(42-26-21-39(22-27-42)55(4,5)6)49-32-37(31-48(60)52(49)59)36-17-15-14-16-18-36/h14-28,31-35H,29-30H2,1-13H3/i14D,15D,16D,17D,18D. The van der Waals surface area contributed by atoms with E-state index in [4.69, 9.17) is 8.53 Å². The summed E-state index contributed by atoms with van der Waals surface area (Å²) in [5.41, 5.74) is 15.5. The molecule has 1 aromatic heterocycles. The lowest BCUT2D eigenvalue weighted by Crippen LogP contribution is -2.61. The maximum absolute atomic E-state index is 9.33. The maximum atomic E-state index is 9.33. The van der Waals surface area contributed by atoms with Crippen LogP contribution in [0.5, 0.6) is 0 Å². The Morgan fingerprint density at radius 3 is 1.58 bits per heavy atom. The third kappa shape index (κ3) is 6.38. The van der Waals surface area contributed by atoms with Crippen LogP contribution in [0.25, 0.3) is 22.1 Å². The molecule has 62 heavy (non-hydrogen) atoms. The number of rotatable bonds is 3. The van der Waals surface area contributed by atoms with E-state index in [1.807, 2.05) is 6.07 Å². The van der Waals surface area contributed by atoms with Gasteiger partial charge in [0.15, 0.2) is 0 Å². The van der Waals surface area contributed by atoms with Crippen LogP contribution in [0.15, 0.2) is 126 Å². The summed E-state index contributed by atoms with van der Waals surface area (Å²) in [5, 5.41) is 1.07. The number of furan rings is 1. The topological polar surface area (TPSA) is 19.6 Å². The smallest absolute Gasteiger partial charge is 0.257 e. The first-order chi connectivity index (χ1) is 31.2. The summed E-state index contributed by atoms with van der Waals surface area (Å²) in [5.74, 6) is 0.720. The van der Waals surface area contributed by atoms with E-state index in [1.165, 1.54) is 33.3 Å². The third-order valence-corrected chi connectivity index (χ3v) is 14.3. The van der Waals surface area contributed by atoms with Gasteiger partial charge in [0.2, 0.25) is 5.88 Å². The van der Waals surface area contributed by atoms with Gasteiger partial charge >= 0.3 is 0 Å². The van der Waals surface area contributed by atoms with Crippen LogP contribution in [-0.2, 0) is 27.1 Å². The Labute approximate surface area is 378 Å². The van der Waals surface area contributed by atoms with Gasteiger partial charge in [-0.1, -0.05) is 157 Å². The van der Waals surface area contributed by atoms with Gasteiger partial charge in [-0.05, 0) is 144 Å². The van der Waals surface area contributed by atoms with Gasteiger partial charge in [-0.3, -0.25) is 4.90 Å². The molecule has 0 radical (unpaired) electrons. The molecule has 0 saturated heterocycles. The molecule has 2 aliphatic heterocycles. The lowest BCUT2D eigenvalue weighted by Gasteiger charge is -2.46. The first-order valence-corrected chi connectivity index (χ1v) is 22.5. The number of fused-ring (bicyclic) bond motifs is 7. The van der Waals surface area contributed by atoms with Crippen LogP contribution in [0, 0.1) is 0 Å². The van der Waals surface area contributed by atoms with Crippen LogP contribution in [0.4, 0.5) is 34.3 Å². The molecule has 1 aliphatic carbocycles. The Kier molecular flexibility index (Phi) is 7.64. The minimum Gasteiger partial charge on any atom is -0.440 e. The lowest BCUT2D eigenvalue weighted by molar-refractivity contribution is 0.332. The molecular formula is C58H63BN2O. The van der Waals surface area contributed by atoms with Gasteiger partial charge < -0.3 is 9.32 Å². The van der Waals surface area contributed by atoms with Crippen molar-refractivity contribution in [2.24, 2.45) is 0 Å². The molecule has 0 bridgehead atoms. The zero-order valence-electron chi connectivity index (χ0n) is 44.0. The van der Waals surface area contributed by atoms with Crippen LogP contribution in [0.1, 0.15) is 138 Å². The zero-order valence-corrected chi connectivity index (χ0v) is 39.0. The fourth-order valence-corrected chi connectivity index (χ4v) is 10.3. The second-order valence-electron chi connectivity index (χ2n) is 22.6. The van der Waals surface area contributed by atoms with Crippen molar-refractivity contribution in [3.8, 4) is 11.1 Å². The Bertz CT molecular complexity index is 3170. The molecule has 0 spiro atoms. The Morgan fingerprint density at radius 2 is 1.03 bits per heavy atom. The molecule has 0 atom stereocenters. The van der Waals surface area contributed by atoms with E-state index >= 15 is 0 Å². The van der Waals surface area contributed by atoms with Crippen molar-refractivity contribution in [1.29, 1.82) is 0 Å². The molecule has 3 heterocycles. The third-order valence-electron chi connectivity index (χ3n) is 14.3. The van der Waals surface area contributed by atoms with Crippen LogP contribution in [0.2, 0.25) is 0 Å². The number of anilines is 6. The maximum Gasteiger partial charge on any atom is 0.257 e. The molecule has 0 fully saturated rings. The van der Waals surface area contributed by atoms with Crippen LogP contribution < -0.4 is 26.2 Å². The quantitative estimate of drug-likeness (QED) is 0.166. The average Bonchev–Trinajstić information content (AvgIpc) is 3.64. The largest absolute Gasteiger partial charge is 0.440 e. The van der Waals surface area contributed by atoms with Gasteiger partial charge in [-0.15, -0.1) is 0 Å². The SMILES string of the molecule is [2H]c1c([2H])c([2H])c(-c2cc3c4c(c2)N(c2ccc(C(C)(C)C)cc2)c2oc5ccc(C(C)(C)C)cc5c2B4c2cc4c(cc2N3c2ccc(C(C)(C)C)cc2)C(C)(C)CCC4(C)C)c([2H])c1[2H]. The number of hydrogen-bond donors (Lipinski definition) is 0. The van der Waals surface area contributed by atoms with Crippen molar-refractivity contribution in [3.63, 3.8) is 0 Å². The van der Waals surface area contributed by atoms with E-state index < -0.39 is 6.04 Å². The minimum atomic E-state index is -0.412. The van der Waals surface area contributed by atoms with E-state index in [0.717, 1.165) is 69.1 Å². The molecule has 0 N–H and O–H groups in total. The number of nitrogens with zero attached hydrogens (tertiary/aromatic N) is 2. The van der Waals surface area contributed by atoms with E-state index in [1.54, 1.807) is 0 Å². The molecule has 0 amide bonds. The second kappa shape index (κ2) is 13.5. The Morgan fingerprint density at radius 1 is 0.532 bits per heavy atom. The van der Waals surface area contributed by atoms with E-state index in [9.17, 15) is 2.74 Å². The summed E-state index contributed by atoms with van der Waals surface area (Å²) < 4.78 is 52.1. The van der Waals surface area contributed by atoms with E-state index in [-0.39, 0.29) is 63.5 Å². The Hall–Kier alpha value is -5.48. The first-order valence-electron chi connectivity index (χ1n) is 25.0. The van der Waals surface area contributed by atoms with Crippen molar-refractivity contribution in [1.82, 2.24) is 0 Å². The zero-order chi connectivity index (χ0) is 48.2. The molecule has 4 heteroatoms. The lowest BCUT2D eigenvalue weighted by atomic mass is 9.33. The van der Waals surface area contributed by atoms with E-state index in [0.29, 0.717) is 5.56 Å². The van der Waals surface area contributed by atoms with Crippen LogP contribution in [-0.4, -0.2) is 6.71 Å². The molecule has 3 aliphatic rings. The molecule has 0 unspecified atom stereocenters. The van der Waals surface area contributed by atoms with Gasteiger partial charge in [-0.25, -0.2) is 0 Å². The van der Waals surface area contributed by atoms with Crippen molar-refractivity contribution < 1.29 is 11.3 Å². The fourth-order valence-electron chi connectivity index (χ4n) is 10.3. The van der Waals surface area contributed by atoms with Crippen LogP contribution in [0.3, 0.4) is 0 Å². The molecule has 10 rings (SSSR count). The molecule has 6 aromatic carbocycles. The number of benzene rings is 6. The summed E-state index contributed by atoms with van der Waals surface area (Å²) in [4.78, 5) is 4.62. The molecular weight excluding hydrogens is 751 g/mol. The molecule has 314 valence electrons. The highest BCUT2D eigenvalue weighted by atomic mass is 16.4. The highest BCUT2D eigenvalue weighted by molar-refractivity contribution is 7.01. The summed E-state index contributed by atoms with van der Waals surface area (Å²) in [6.07, 6.45) is 2.13. The molecule has 0 saturated carbocycles. The average molecular weight is 820 g/mol. The summed E-state index contributed by atoms with van der Waals surface area (Å²) >= 11 is 0. The summed E-state index contributed by atoms with van der Waals surface area (Å²) in [6, 6.07) is 31.8. The minimum absolute atomic E-state index is 0.0636. The fraction of sp³-hybridized carbons (Fsp3) is 0.345. The van der Waals surface area contributed by atoms with Crippen molar-refractivity contribution in [2.45, 2.75) is 130 Å². The predicted octanol–water partition coefficient (Wildman–Crippen LogP) is 14.4. The van der Waals surface area contributed by atoms with Crippen molar-refractivity contribution >= 4 is 68.4 Å². The van der Waals surface area contributed by atoms with Gasteiger partial charge in [0.1, 0.15) is 5.58 Å². The Balaban J connectivity index is 1.40. The van der Waals surface area contributed by atoms with Gasteiger partial charge in [0, 0.05) is 39.3 Å². The normalized spacial score (nSPS) is 17.6. The van der Waals surface area contributed by atoms with Crippen LogP contribution >= 0.6 is 0 Å². The second-order valence-corrected chi connectivity index (χ2v) is 22.6. The monoisotopic (exact) mass is 820 g/mol. The molecule has 3 nitrogen and oxygen atoms in total. The summed E-state index contributed by atoms with van der Waals surface area (Å²) in [7, 11) is 0. The van der Waals surface area contributed by atoms with Crippen molar-refractivity contribution in [2.75, 3.05) is 9.80 Å². The van der Waals surface area contributed by atoms with Gasteiger partial charge in [0.25, 0.3) is 6.71 Å². The highest BCUT2D eigenvalue weighted by Crippen LogP contribution is 2.52. The number of hydrogen-bond acceptors (Lipinski definition) is 3. The van der Waals surface area contributed by atoms with Gasteiger partial charge in [-0.2, -0.15) is 0 Å². The van der Waals surface area contributed by atoms with E-state index in [2.05, 4.69) is 185 Å². The molecule has 7 aromatic rings. The van der Waals surface area contributed by atoms with Crippen molar-refractivity contribution in [3.05, 3.63) is 149 Å². The highest BCUT2D eigenvalue weighted by Gasteiger charge is 2.49. The van der Waals surface area contributed by atoms with Gasteiger partial charge in [0.05, 0.1) is 6.85 Å². The predicted molar refractivity (Wildman–Crippen MR) is 267 cm³/mol.